The van der Waals surface area contributed by atoms with E-state index in [0.29, 0.717) is 46.1 Å². The number of carbonyl (C=O) groups is 2. The standard InChI is InChI=1S/C25H27N3O4/c1-14-12-17-23(18(29)13-14)22(16-8-7-9-19(31-3)24(16)32-4)21(15(2)27-17)25(30)28-20-10-5-6-11-26-20/h5-11,14,22,27H,12-13H2,1-4H3,(H,26,28,30)/t14-,22+/m1/s1. The fourth-order valence-corrected chi connectivity index (χ4v) is 4.61. The number of nitrogens with one attached hydrogen (secondary N) is 2. The smallest absolute Gasteiger partial charge is 0.255 e. The summed E-state index contributed by atoms with van der Waals surface area (Å²) in [6, 6.07) is 10.8. The third-order valence-corrected chi connectivity index (χ3v) is 5.93. The molecular weight excluding hydrogens is 406 g/mol. The fraction of sp³-hybridized carbons (Fsp3) is 0.320. The van der Waals surface area contributed by atoms with Gasteiger partial charge in [-0.15, -0.1) is 0 Å². The molecular formula is C25H27N3O4. The van der Waals surface area contributed by atoms with Gasteiger partial charge in [0, 0.05) is 40.7 Å². The molecule has 1 aromatic carbocycles. The SMILES string of the molecule is COc1cccc([C@H]2C(C(=O)Nc3ccccn3)=C(C)NC3=C2C(=O)C[C@H](C)C3)c1OC. The van der Waals surface area contributed by atoms with E-state index in [-0.39, 0.29) is 17.6 Å². The number of ketones is 1. The number of benzene rings is 1. The lowest BCUT2D eigenvalue weighted by atomic mass is 9.72. The lowest BCUT2D eigenvalue weighted by molar-refractivity contribution is -0.117. The van der Waals surface area contributed by atoms with Crippen LogP contribution >= 0.6 is 0 Å². The summed E-state index contributed by atoms with van der Waals surface area (Å²) in [4.78, 5) is 31.0. The Hall–Kier alpha value is -3.61. The van der Waals surface area contributed by atoms with Gasteiger partial charge in [0.1, 0.15) is 5.82 Å². The van der Waals surface area contributed by atoms with Crippen LogP contribution in [-0.2, 0) is 9.59 Å². The number of Topliss-reactive ketones (excluding diaryl/α,β-unsaturated/α-hetero) is 1. The number of amides is 1. The molecule has 1 aromatic heterocycles. The van der Waals surface area contributed by atoms with E-state index in [9.17, 15) is 9.59 Å². The first-order valence-electron chi connectivity index (χ1n) is 10.6. The number of hydrogen-bond donors (Lipinski definition) is 2. The summed E-state index contributed by atoms with van der Waals surface area (Å²) in [5.74, 6) is 0.870. The molecule has 1 amide bonds. The molecule has 7 heteroatoms. The molecule has 0 radical (unpaired) electrons. The van der Waals surface area contributed by atoms with E-state index in [1.54, 1.807) is 44.7 Å². The second-order valence-electron chi connectivity index (χ2n) is 8.18. The Bertz CT molecular complexity index is 1120. The van der Waals surface area contributed by atoms with Crippen LogP contribution in [0.3, 0.4) is 0 Å². The van der Waals surface area contributed by atoms with Gasteiger partial charge in [-0.05, 0) is 37.5 Å². The molecule has 7 nitrogen and oxygen atoms in total. The van der Waals surface area contributed by atoms with Crippen molar-refractivity contribution in [2.45, 2.75) is 32.6 Å². The Morgan fingerprint density at radius 3 is 2.62 bits per heavy atom. The number of carbonyl (C=O) groups excluding carboxylic acids is 2. The van der Waals surface area contributed by atoms with Crippen molar-refractivity contribution in [3.63, 3.8) is 0 Å². The highest BCUT2D eigenvalue weighted by molar-refractivity contribution is 6.09. The minimum atomic E-state index is -0.583. The van der Waals surface area contributed by atoms with Crippen molar-refractivity contribution in [3.8, 4) is 11.5 Å². The van der Waals surface area contributed by atoms with Gasteiger partial charge in [-0.2, -0.15) is 0 Å². The number of para-hydroxylation sites is 1. The van der Waals surface area contributed by atoms with Crippen LogP contribution in [0.4, 0.5) is 5.82 Å². The Morgan fingerprint density at radius 2 is 1.94 bits per heavy atom. The first-order chi connectivity index (χ1) is 15.4. The summed E-state index contributed by atoms with van der Waals surface area (Å²) >= 11 is 0. The minimum Gasteiger partial charge on any atom is -0.493 e. The maximum atomic E-state index is 13.5. The largest absolute Gasteiger partial charge is 0.493 e. The van der Waals surface area contributed by atoms with Crippen molar-refractivity contribution in [3.05, 3.63) is 70.7 Å². The van der Waals surface area contributed by atoms with Crippen LogP contribution in [0.5, 0.6) is 11.5 Å². The third kappa shape index (κ3) is 3.86. The maximum absolute atomic E-state index is 13.5. The summed E-state index contributed by atoms with van der Waals surface area (Å²) in [7, 11) is 3.13. The molecule has 0 saturated carbocycles. The molecule has 0 saturated heterocycles. The predicted octanol–water partition coefficient (Wildman–Crippen LogP) is 3.95. The van der Waals surface area contributed by atoms with E-state index in [2.05, 4.69) is 22.5 Å². The maximum Gasteiger partial charge on any atom is 0.255 e. The van der Waals surface area contributed by atoms with Crippen molar-refractivity contribution >= 4 is 17.5 Å². The Morgan fingerprint density at radius 1 is 1.12 bits per heavy atom. The molecule has 1 aliphatic carbocycles. The van der Waals surface area contributed by atoms with Gasteiger partial charge >= 0.3 is 0 Å². The Balaban J connectivity index is 1.88. The van der Waals surface area contributed by atoms with Gasteiger partial charge in [0.05, 0.1) is 20.1 Å². The third-order valence-electron chi connectivity index (χ3n) is 5.93. The number of pyridine rings is 1. The monoisotopic (exact) mass is 433 g/mol. The molecule has 0 spiro atoms. The number of anilines is 1. The molecule has 2 heterocycles. The predicted molar refractivity (Wildman–Crippen MR) is 121 cm³/mol. The topological polar surface area (TPSA) is 89.5 Å². The van der Waals surface area contributed by atoms with Gasteiger partial charge in [0.15, 0.2) is 17.3 Å². The van der Waals surface area contributed by atoms with Gasteiger partial charge in [-0.1, -0.05) is 25.1 Å². The van der Waals surface area contributed by atoms with Gasteiger partial charge < -0.3 is 20.1 Å². The number of hydrogen-bond acceptors (Lipinski definition) is 6. The van der Waals surface area contributed by atoms with Crippen molar-refractivity contribution in [1.29, 1.82) is 0 Å². The van der Waals surface area contributed by atoms with Crippen LogP contribution in [0.1, 0.15) is 38.2 Å². The summed E-state index contributed by atoms with van der Waals surface area (Å²) in [5.41, 5.74) is 3.37. The number of allylic oxidation sites excluding steroid dienone is 3. The van der Waals surface area contributed by atoms with Crippen LogP contribution in [0, 0.1) is 5.92 Å². The number of dihydropyridines is 1. The molecule has 2 N–H and O–H groups in total. The summed E-state index contributed by atoms with van der Waals surface area (Å²) in [6.45, 7) is 3.92. The van der Waals surface area contributed by atoms with E-state index in [4.69, 9.17) is 9.47 Å². The van der Waals surface area contributed by atoms with Gasteiger partial charge in [0.25, 0.3) is 5.91 Å². The van der Waals surface area contributed by atoms with E-state index in [0.717, 1.165) is 12.1 Å². The number of nitrogens with zero attached hydrogens (tertiary/aromatic N) is 1. The van der Waals surface area contributed by atoms with E-state index < -0.39 is 5.92 Å². The fourth-order valence-electron chi connectivity index (χ4n) is 4.61. The van der Waals surface area contributed by atoms with Crippen LogP contribution in [0.2, 0.25) is 0 Å². The number of ether oxygens (including phenoxy) is 2. The molecule has 0 fully saturated rings. The van der Waals surface area contributed by atoms with Crippen molar-refractivity contribution in [2.24, 2.45) is 5.92 Å². The van der Waals surface area contributed by atoms with Crippen molar-refractivity contribution < 1.29 is 19.1 Å². The molecule has 0 unspecified atom stereocenters. The molecule has 166 valence electrons. The lowest BCUT2D eigenvalue weighted by Crippen LogP contribution is -2.37. The number of methoxy groups -OCH3 is 2. The molecule has 32 heavy (non-hydrogen) atoms. The van der Waals surface area contributed by atoms with Crippen molar-refractivity contribution in [1.82, 2.24) is 10.3 Å². The van der Waals surface area contributed by atoms with E-state index >= 15 is 0 Å². The average molecular weight is 434 g/mol. The lowest BCUT2D eigenvalue weighted by Gasteiger charge is -2.36. The van der Waals surface area contributed by atoms with Crippen LogP contribution in [0.15, 0.2) is 65.1 Å². The molecule has 4 rings (SSSR count). The Labute approximate surface area is 187 Å². The number of rotatable bonds is 5. The molecule has 2 aliphatic rings. The second-order valence-corrected chi connectivity index (χ2v) is 8.18. The Kier molecular flexibility index (Phi) is 5.99. The summed E-state index contributed by atoms with van der Waals surface area (Å²) < 4.78 is 11.2. The minimum absolute atomic E-state index is 0.0387. The van der Waals surface area contributed by atoms with Crippen LogP contribution < -0.4 is 20.1 Å². The normalized spacial score (nSPS) is 20.4. The molecule has 1 aliphatic heterocycles. The van der Waals surface area contributed by atoms with Crippen LogP contribution in [0.25, 0.3) is 0 Å². The summed E-state index contributed by atoms with van der Waals surface area (Å²) in [5, 5.41) is 6.22. The highest BCUT2D eigenvalue weighted by Gasteiger charge is 2.41. The quantitative estimate of drug-likeness (QED) is 0.742. The number of aromatic nitrogens is 1. The highest BCUT2D eigenvalue weighted by Crippen LogP contribution is 2.48. The van der Waals surface area contributed by atoms with Crippen molar-refractivity contribution in [2.75, 3.05) is 19.5 Å². The second kappa shape index (κ2) is 8.86. The van der Waals surface area contributed by atoms with Gasteiger partial charge in [-0.3, -0.25) is 9.59 Å². The first kappa shape index (κ1) is 21.6. The highest BCUT2D eigenvalue weighted by atomic mass is 16.5. The van der Waals surface area contributed by atoms with Crippen LogP contribution in [-0.4, -0.2) is 30.9 Å². The molecule has 2 atom stereocenters. The molecule has 0 bridgehead atoms. The summed E-state index contributed by atoms with van der Waals surface area (Å²) in [6.07, 6.45) is 2.80. The van der Waals surface area contributed by atoms with E-state index in [1.807, 2.05) is 19.1 Å². The first-order valence-corrected chi connectivity index (χ1v) is 10.6. The zero-order valence-electron chi connectivity index (χ0n) is 18.7. The van der Waals surface area contributed by atoms with Gasteiger partial charge in [0.2, 0.25) is 0 Å². The average Bonchev–Trinajstić information content (AvgIpc) is 2.77. The zero-order valence-corrected chi connectivity index (χ0v) is 18.7. The van der Waals surface area contributed by atoms with E-state index in [1.165, 1.54) is 0 Å². The zero-order chi connectivity index (χ0) is 22.8. The molecule has 2 aromatic rings. The van der Waals surface area contributed by atoms with Gasteiger partial charge in [-0.25, -0.2) is 4.98 Å².